The molecule has 1 amide bonds. The predicted octanol–water partition coefficient (Wildman–Crippen LogP) is 3.50. The molecule has 0 aliphatic heterocycles. The number of nitrogens with one attached hydrogen (secondary N) is 1. The van der Waals surface area contributed by atoms with Crippen molar-refractivity contribution in [3.63, 3.8) is 0 Å². The van der Waals surface area contributed by atoms with Gasteiger partial charge in [-0.15, -0.1) is 0 Å². The van der Waals surface area contributed by atoms with Crippen molar-refractivity contribution in [1.29, 1.82) is 0 Å². The quantitative estimate of drug-likeness (QED) is 0.771. The van der Waals surface area contributed by atoms with Gasteiger partial charge in [-0.1, -0.05) is 11.2 Å². The number of nitrogens with zero attached hydrogens (tertiary/aromatic N) is 3. The molecule has 128 valence electrons. The third-order valence-electron chi connectivity index (χ3n) is 4.21. The zero-order valence-corrected chi connectivity index (χ0v) is 13.7. The van der Waals surface area contributed by atoms with Crippen LogP contribution in [-0.2, 0) is 6.54 Å². The third kappa shape index (κ3) is 3.31. The van der Waals surface area contributed by atoms with Gasteiger partial charge in [0.1, 0.15) is 11.5 Å². The number of carbonyl (C=O) groups is 1. The summed E-state index contributed by atoms with van der Waals surface area (Å²) in [5.74, 6) is 0.925. The summed E-state index contributed by atoms with van der Waals surface area (Å²) in [5.41, 5.74) is 1.39. The number of amides is 1. The van der Waals surface area contributed by atoms with Gasteiger partial charge in [0.15, 0.2) is 5.82 Å². The van der Waals surface area contributed by atoms with Gasteiger partial charge in [0.25, 0.3) is 5.91 Å². The van der Waals surface area contributed by atoms with Crippen molar-refractivity contribution in [2.24, 2.45) is 0 Å². The molecule has 1 N–H and O–H groups in total. The fourth-order valence-corrected chi connectivity index (χ4v) is 2.60. The molecule has 3 aromatic rings. The van der Waals surface area contributed by atoms with Crippen molar-refractivity contribution in [1.82, 2.24) is 14.7 Å². The lowest BCUT2D eigenvalue weighted by molar-refractivity contribution is 0.101. The Balaban J connectivity index is 1.49. The van der Waals surface area contributed by atoms with Crippen molar-refractivity contribution in [3.8, 4) is 0 Å². The lowest BCUT2D eigenvalue weighted by Crippen LogP contribution is -2.17. The van der Waals surface area contributed by atoms with Gasteiger partial charge >= 0.3 is 0 Å². The van der Waals surface area contributed by atoms with E-state index >= 15 is 0 Å². The molecule has 0 unspecified atom stereocenters. The van der Waals surface area contributed by atoms with Crippen LogP contribution in [0.4, 0.5) is 10.1 Å². The maximum Gasteiger partial charge on any atom is 0.272 e. The Bertz CT molecular complexity index is 927. The highest BCUT2D eigenvalue weighted by Crippen LogP contribution is 2.38. The summed E-state index contributed by atoms with van der Waals surface area (Å²) in [6.07, 6.45) is 3.95. The summed E-state index contributed by atoms with van der Waals surface area (Å²) in [6, 6.07) is 8.07. The molecule has 0 spiro atoms. The molecule has 6 nitrogen and oxygen atoms in total. The second-order valence-electron chi connectivity index (χ2n) is 6.26. The zero-order valence-electron chi connectivity index (χ0n) is 13.7. The van der Waals surface area contributed by atoms with Crippen LogP contribution >= 0.6 is 0 Å². The van der Waals surface area contributed by atoms with Crippen LogP contribution in [0.15, 0.2) is 41.1 Å². The Hall–Kier alpha value is -2.96. The summed E-state index contributed by atoms with van der Waals surface area (Å²) in [5, 5.41) is 6.68. The third-order valence-corrected chi connectivity index (χ3v) is 4.21. The molecule has 1 aliphatic rings. The number of aromatic nitrogens is 3. The van der Waals surface area contributed by atoms with E-state index in [-0.39, 0.29) is 11.7 Å². The van der Waals surface area contributed by atoms with Gasteiger partial charge in [0, 0.05) is 17.8 Å². The van der Waals surface area contributed by atoms with Gasteiger partial charge in [-0.3, -0.25) is 4.79 Å². The molecular weight excluding hydrogens is 323 g/mol. The fourth-order valence-electron chi connectivity index (χ4n) is 2.60. The van der Waals surface area contributed by atoms with Gasteiger partial charge in [-0.2, -0.15) is 4.98 Å². The summed E-state index contributed by atoms with van der Waals surface area (Å²) in [6.45, 7) is 2.02. The van der Waals surface area contributed by atoms with E-state index in [4.69, 9.17) is 4.52 Å². The van der Waals surface area contributed by atoms with E-state index in [0.717, 1.165) is 12.8 Å². The lowest BCUT2D eigenvalue weighted by atomic mass is 10.2. The summed E-state index contributed by atoms with van der Waals surface area (Å²) in [4.78, 5) is 16.9. The molecule has 4 rings (SSSR count). The van der Waals surface area contributed by atoms with Gasteiger partial charge in [0.2, 0.25) is 5.89 Å². The van der Waals surface area contributed by atoms with Crippen LogP contribution in [0.1, 0.15) is 46.5 Å². The van der Waals surface area contributed by atoms with Crippen molar-refractivity contribution < 1.29 is 13.7 Å². The first-order valence-electron chi connectivity index (χ1n) is 8.15. The highest BCUT2D eigenvalue weighted by molar-refractivity contribution is 6.03. The Morgan fingerprint density at radius 1 is 1.40 bits per heavy atom. The highest BCUT2D eigenvalue weighted by Gasteiger charge is 2.29. The van der Waals surface area contributed by atoms with Crippen molar-refractivity contribution >= 4 is 11.6 Å². The number of hydrogen-bond acceptors (Lipinski definition) is 4. The minimum absolute atomic E-state index is 0.320. The molecule has 2 aromatic heterocycles. The summed E-state index contributed by atoms with van der Waals surface area (Å²) < 4.78 is 20.6. The van der Waals surface area contributed by atoms with Crippen LogP contribution in [0.2, 0.25) is 0 Å². The number of benzene rings is 1. The van der Waals surface area contributed by atoms with Gasteiger partial charge in [0.05, 0.1) is 6.54 Å². The number of hydrogen-bond donors (Lipinski definition) is 1. The summed E-state index contributed by atoms with van der Waals surface area (Å²) in [7, 11) is 0. The van der Waals surface area contributed by atoms with Gasteiger partial charge in [-0.25, -0.2) is 4.39 Å². The molecule has 0 saturated heterocycles. The molecule has 25 heavy (non-hydrogen) atoms. The fraction of sp³-hybridized carbons (Fsp3) is 0.278. The monoisotopic (exact) mass is 340 g/mol. The Morgan fingerprint density at radius 2 is 2.24 bits per heavy atom. The Morgan fingerprint density at radius 3 is 3.00 bits per heavy atom. The normalized spacial score (nSPS) is 13.8. The first-order chi connectivity index (χ1) is 12.1. The number of anilines is 1. The maximum atomic E-state index is 13.6. The van der Waals surface area contributed by atoms with Crippen LogP contribution < -0.4 is 5.32 Å². The average molecular weight is 340 g/mol. The van der Waals surface area contributed by atoms with E-state index in [1.807, 2.05) is 0 Å². The molecule has 0 bridgehead atoms. The Labute approximate surface area is 143 Å². The SMILES string of the molecule is Cc1ccc(NC(=O)c2cccn2Cc2noc(C3CC3)n2)cc1F. The predicted molar refractivity (Wildman–Crippen MR) is 88.9 cm³/mol. The number of carbonyl (C=O) groups excluding carboxylic acids is 1. The molecular formula is C18H17FN4O2. The first kappa shape index (κ1) is 15.6. The summed E-state index contributed by atoms with van der Waals surface area (Å²) >= 11 is 0. The van der Waals surface area contributed by atoms with Crippen LogP contribution in [0, 0.1) is 12.7 Å². The van der Waals surface area contributed by atoms with Crippen LogP contribution in [-0.4, -0.2) is 20.6 Å². The van der Waals surface area contributed by atoms with Crippen LogP contribution in [0.3, 0.4) is 0 Å². The van der Waals surface area contributed by atoms with E-state index < -0.39 is 0 Å². The van der Waals surface area contributed by atoms with Gasteiger partial charge in [-0.05, 0) is 49.6 Å². The number of rotatable bonds is 5. The smallest absolute Gasteiger partial charge is 0.272 e. The van der Waals surface area contributed by atoms with E-state index in [1.54, 1.807) is 42.0 Å². The minimum atomic E-state index is -0.354. The van der Waals surface area contributed by atoms with Crippen molar-refractivity contribution in [2.45, 2.75) is 32.2 Å². The van der Waals surface area contributed by atoms with Crippen molar-refractivity contribution in [2.75, 3.05) is 5.32 Å². The lowest BCUT2D eigenvalue weighted by Gasteiger charge is -2.09. The highest BCUT2D eigenvalue weighted by atomic mass is 19.1. The molecule has 1 saturated carbocycles. The van der Waals surface area contributed by atoms with Crippen LogP contribution in [0.5, 0.6) is 0 Å². The molecule has 1 aromatic carbocycles. The van der Waals surface area contributed by atoms with Gasteiger partial charge < -0.3 is 14.4 Å². The molecule has 0 radical (unpaired) electrons. The molecule has 1 fully saturated rings. The maximum absolute atomic E-state index is 13.6. The molecule has 0 atom stereocenters. The number of halogens is 1. The largest absolute Gasteiger partial charge is 0.339 e. The Kier molecular flexibility index (Phi) is 3.83. The number of aryl methyl sites for hydroxylation is 1. The second kappa shape index (κ2) is 6.16. The molecule has 2 heterocycles. The van der Waals surface area contributed by atoms with Crippen LogP contribution in [0.25, 0.3) is 0 Å². The first-order valence-corrected chi connectivity index (χ1v) is 8.15. The van der Waals surface area contributed by atoms with E-state index in [2.05, 4.69) is 15.5 Å². The van der Waals surface area contributed by atoms with E-state index in [0.29, 0.717) is 41.1 Å². The topological polar surface area (TPSA) is 73.0 Å². The molecule has 7 heteroatoms. The van der Waals surface area contributed by atoms with E-state index in [1.165, 1.54) is 6.07 Å². The van der Waals surface area contributed by atoms with E-state index in [9.17, 15) is 9.18 Å². The van der Waals surface area contributed by atoms with Crippen molar-refractivity contribution in [3.05, 3.63) is 65.3 Å². The molecule has 1 aliphatic carbocycles. The standard InChI is InChI=1S/C18H17FN4O2/c1-11-4-7-13(9-14(11)19)20-17(24)15-3-2-8-23(15)10-16-21-18(25-22-16)12-5-6-12/h2-4,7-9,12H,5-6,10H2,1H3,(H,20,24). The zero-order chi connectivity index (χ0) is 17.4. The second-order valence-corrected chi connectivity index (χ2v) is 6.26. The minimum Gasteiger partial charge on any atom is -0.339 e. The average Bonchev–Trinajstić information content (AvgIpc) is 3.15.